The Bertz CT molecular complexity index is 516. The molecule has 1 aliphatic rings. The van der Waals surface area contributed by atoms with Gasteiger partial charge in [-0.25, -0.2) is 0 Å². The molecule has 1 saturated heterocycles. The van der Waals surface area contributed by atoms with Gasteiger partial charge in [-0.2, -0.15) is 5.26 Å². The van der Waals surface area contributed by atoms with Crippen molar-refractivity contribution < 1.29 is 4.79 Å². The Morgan fingerprint density at radius 1 is 1.47 bits per heavy atom. The molecule has 0 N–H and O–H groups in total. The van der Waals surface area contributed by atoms with Gasteiger partial charge in [0.05, 0.1) is 11.6 Å². The Labute approximate surface area is 117 Å². The second-order valence-corrected chi connectivity index (χ2v) is 6.04. The van der Waals surface area contributed by atoms with Crippen LogP contribution in [0.1, 0.15) is 28.8 Å². The summed E-state index contributed by atoms with van der Waals surface area (Å²) < 4.78 is -0.318. The second-order valence-electron chi connectivity index (χ2n) is 4.85. The lowest BCUT2D eigenvalue weighted by molar-refractivity contribution is 0.0716. The number of likely N-dealkylation sites (tertiary alicyclic amines) is 1. The summed E-state index contributed by atoms with van der Waals surface area (Å²) in [6.45, 7) is 3.21. The summed E-state index contributed by atoms with van der Waals surface area (Å²) in [7, 11) is 0. The van der Waals surface area contributed by atoms with Crippen molar-refractivity contribution in [2.24, 2.45) is 0 Å². The zero-order chi connectivity index (χ0) is 13.9. The monoisotopic (exact) mass is 275 g/mol. The van der Waals surface area contributed by atoms with Crippen LogP contribution in [0.4, 0.5) is 0 Å². The molecule has 1 aromatic rings. The lowest BCUT2D eigenvalue weighted by Crippen LogP contribution is -2.44. The number of thioether (sulfide) groups is 1. The minimum atomic E-state index is -0.318. The molecule has 1 fully saturated rings. The van der Waals surface area contributed by atoms with Crippen molar-refractivity contribution in [1.82, 2.24) is 9.88 Å². The normalized spacial score (nSPS) is 17.8. The zero-order valence-electron chi connectivity index (χ0n) is 11.2. The number of carbonyl (C=O) groups excluding carboxylic acids is 1. The van der Waals surface area contributed by atoms with E-state index in [-0.39, 0.29) is 10.7 Å². The maximum absolute atomic E-state index is 12.3. The molecule has 1 aromatic heterocycles. The van der Waals surface area contributed by atoms with Crippen molar-refractivity contribution in [3.05, 3.63) is 29.6 Å². The lowest BCUT2D eigenvalue weighted by atomic mass is 9.97. The van der Waals surface area contributed by atoms with Crippen LogP contribution in [-0.4, -0.2) is 39.9 Å². The molecule has 0 aliphatic carbocycles. The lowest BCUT2D eigenvalue weighted by Gasteiger charge is -2.36. The summed E-state index contributed by atoms with van der Waals surface area (Å²) in [5, 5.41) is 9.24. The SMILES string of the molecule is CSC1(C#N)CCN(C(=O)c2cncc(C)c2)CC1. The molecule has 4 nitrogen and oxygen atoms in total. The van der Waals surface area contributed by atoms with E-state index in [0.717, 1.165) is 18.4 Å². The third-order valence-electron chi connectivity index (χ3n) is 3.57. The molecule has 0 bridgehead atoms. The quantitative estimate of drug-likeness (QED) is 0.830. The number of aryl methyl sites for hydroxylation is 1. The Balaban J connectivity index is 2.06. The fourth-order valence-electron chi connectivity index (χ4n) is 2.29. The highest BCUT2D eigenvalue weighted by Crippen LogP contribution is 2.34. The van der Waals surface area contributed by atoms with Gasteiger partial charge in [-0.3, -0.25) is 9.78 Å². The molecule has 5 heteroatoms. The van der Waals surface area contributed by atoms with Gasteiger partial charge >= 0.3 is 0 Å². The number of pyridine rings is 1. The molecule has 19 heavy (non-hydrogen) atoms. The predicted octanol–water partition coefficient (Wildman–Crippen LogP) is 2.25. The highest BCUT2D eigenvalue weighted by molar-refractivity contribution is 8.00. The summed E-state index contributed by atoms with van der Waals surface area (Å²) in [5.74, 6) is 0.0174. The van der Waals surface area contributed by atoms with E-state index in [9.17, 15) is 10.1 Å². The average molecular weight is 275 g/mol. The molecule has 0 atom stereocenters. The highest BCUT2D eigenvalue weighted by atomic mass is 32.2. The predicted molar refractivity (Wildman–Crippen MR) is 76.0 cm³/mol. The van der Waals surface area contributed by atoms with Gasteiger partial charge in [0.25, 0.3) is 5.91 Å². The number of nitriles is 1. The van der Waals surface area contributed by atoms with Gasteiger partial charge in [-0.1, -0.05) is 0 Å². The van der Waals surface area contributed by atoms with Crippen molar-refractivity contribution in [3.63, 3.8) is 0 Å². The molecule has 0 radical (unpaired) electrons. The van der Waals surface area contributed by atoms with Gasteiger partial charge in [0.2, 0.25) is 0 Å². The number of carbonyl (C=O) groups is 1. The van der Waals surface area contributed by atoms with E-state index in [1.54, 1.807) is 24.2 Å². The van der Waals surface area contributed by atoms with Gasteiger partial charge in [0.1, 0.15) is 4.75 Å². The average Bonchev–Trinajstić information content (AvgIpc) is 2.46. The smallest absolute Gasteiger partial charge is 0.255 e. The first-order valence-electron chi connectivity index (χ1n) is 6.27. The van der Waals surface area contributed by atoms with Gasteiger partial charge in [0, 0.05) is 25.5 Å². The fourth-order valence-corrected chi connectivity index (χ4v) is 2.97. The number of hydrogen-bond donors (Lipinski definition) is 0. The van der Waals surface area contributed by atoms with Gasteiger partial charge < -0.3 is 4.90 Å². The van der Waals surface area contributed by atoms with Crippen LogP contribution < -0.4 is 0 Å². The Morgan fingerprint density at radius 2 is 2.16 bits per heavy atom. The Kier molecular flexibility index (Phi) is 4.11. The van der Waals surface area contributed by atoms with Crippen LogP contribution in [-0.2, 0) is 0 Å². The maximum atomic E-state index is 12.3. The van der Waals surface area contributed by atoms with Crippen LogP contribution in [0, 0.1) is 18.3 Å². The Morgan fingerprint density at radius 3 is 2.68 bits per heavy atom. The molecule has 1 amide bonds. The molecule has 0 unspecified atom stereocenters. The van der Waals surface area contributed by atoms with E-state index < -0.39 is 0 Å². The summed E-state index contributed by atoms with van der Waals surface area (Å²) in [6.07, 6.45) is 6.77. The summed E-state index contributed by atoms with van der Waals surface area (Å²) >= 11 is 1.59. The molecule has 0 saturated carbocycles. The van der Waals surface area contributed by atoms with Crippen molar-refractivity contribution >= 4 is 17.7 Å². The standard InChI is InChI=1S/C14H17N3OS/c1-11-7-12(9-16-8-11)13(18)17-5-3-14(10-15,19-2)4-6-17/h7-9H,3-6H2,1-2H3. The van der Waals surface area contributed by atoms with Crippen LogP contribution in [0.15, 0.2) is 18.5 Å². The number of hydrogen-bond acceptors (Lipinski definition) is 4. The van der Waals surface area contributed by atoms with Crippen LogP contribution in [0.25, 0.3) is 0 Å². The van der Waals surface area contributed by atoms with Crippen LogP contribution in [0.3, 0.4) is 0 Å². The molecule has 2 heterocycles. The van der Waals surface area contributed by atoms with Crippen LogP contribution in [0.2, 0.25) is 0 Å². The maximum Gasteiger partial charge on any atom is 0.255 e. The first-order chi connectivity index (χ1) is 9.10. The van der Waals surface area contributed by atoms with Crippen molar-refractivity contribution in [2.75, 3.05) is 19.3 Å². The van der Waals surface area contributed by atoms with Crippen molar-refractivity contribution in [3.8, 4) is 6.07 Å². The topological polar surface area (TPSA) is 57.0 Å². The minimum Gasteiger partial charge on any atom is -0.338 e. The third kappa shape index (κ3) is 2.90. The largest absolute Gasteiger partial charge is 0.338 e. The molecule has 1 aliphatic heterocycles. The first-order valence-corrected chi connectivity index (χ1v) is 7.50. The van der Waals surface area contributed by atoms with E-state index in [4.69, 9.17) is 0 Å². The first kappa shape index (κ1) is 13.9. The van der Waals surface area contributed by atoms with Crippen LogP contribution in [0.5, 0.6) is 0 Å². The highest BCUT2D eigenvalue weighted by Gasteiger charge is 2.35. The van der Waals surface area contributed by atoms with E-state index in [1.165, 1.54) is 0 Å². The van der Waals surface area contributed by atoms with Crippen molar-refractivity contribution in [1.29, 1.82) is 5.26 Å². The minimum absolute atomic E-state index is 0.0174. The number of nitrogens with zero attached hydrogens (tertiary/aromatic N) is 3. The molecule has 0 aromatic carbocycles. The summed E-state index contributed by atoms with van der Waals surface area (Å²) in [4.78, 5) is 18.2. The number of amides is 1. The third-order valence-corrected chi connectivity index (χ3v) is 4.86. The zero-order valence-corrected chi connectivity index (χ0v) is 12.0. The second kappa shape index (κ2) is 5.62. The molecule has 0 spiro atoms. The van der Waals surface area contributed by atoms with E-state index in [2.05, 4.69) is 11.1 Å². The fraction of sp³-hybridized carbons (Fsp3) is 0.500. The number of aromatic nitrogens is 1. The van der Waals surface area contributed by atoms with Gasteiger partial charge in [-0.05, 0) is 37.7 Å². The molecular formula is C14H17N3OS. The molecule has 2 rings (SSSR count). The van der Waals surface area contributed by atoms with Gasteiger partial charge in [-0.15, -0.1) is 11.8 Å². The van der Waals surface area contributed by atoms with Crippen molar-refractivity contribution in [2.45, 2.75) is 24.5 Å². The summed E-state index contributed by atoms with van der Waals surface area (Å²) in [5.41, 5.74) is 1.62. The van der Waals surface area contributed by atoms with Crippen LogP contribution >= 0.6 is 11.8 Å². The van der Waals surface area contributed by atoms with Gasteiger partial charge in [0.15, 0.2) is 0 Å². The number of piperidine rings is 1. The summed E-state index contributed by atoms with van der Waals surface area (Å²) in [6, 6.07) is 4.25. The molecule has 100 valence electrons. The van der Waals surface area contributed by atoms with E-state index in [1.807, 2.05) is 24.1 Å². The molecular weight excluding hydrogens is 258 g/mol. The Hall–Kier alpha value is -1.54. The van der Waals surface area contributed by atoms with E-state index >= 15 is 0 Å². The van der Waals surface area contributed by atoms with E-state index in [0.29, 0.717) is 18.7 Å². The number of rotatable bonds is 2.